The van der Waals surface area contributed by atoms with E-state index in [1.54, 1.807) is 6.07 Å². The number of anilines is 1. The number of amides is 3. The van der Waals surface area contributed by atoms with E-state index in [0.29, 0.717) is 12.5 Å². The van der Waals surface area contributed by atoms with Crippen molar-refractivity contribution in [2.75, 3.05) is 31.5 Å². The number of hydrogen-bond acceptors (Lipinski definition) is 6. The molecule has 3 amide bonds. The molecule has 0 radical (unpaired) electrons. The Labute approximate surface area is 204 Å². The number of aromatic nitrogens is 1. The molecular weight excluding hydrogens is 454 g/mol. The highest BCUT2D eigenvalue weighted by Gasteiger charge is 2.21. The average Bonchev–Trinajstić information content (AvgIpc) is 2.82. The largest absolute Gasteiger partial charge is 0.478 e. The Morgan fingerprint density at radius 3 is 2.57 bits per heavy atom. The number of piperidine rings is 1. The van der Waals surface area contributed by atoms with E-state index in [1.165, 1.54) is 29.8 Å². The summed E-state index contributed by atoms with van der Waals surface area (Å²) in [6, 6.07) is 2.01. The Kier molecular flexibility index (Phi) is 11.1. The number of carbonyl (C=O) groups is 4. The molecular formula is C24H35N5O6. The zero-order valence-corrected chi connectivity index (χ0v) is 20.3. The fourth-order valence-electron chi connectivity index (χ4n) is 3.91. The molecule has 11 nitrogen and oxygen atoms in total. The minimum atomic E-state index is -1.11. The number of rotatable bonds is 12. The molecule has 1 atom stereocenters. The Bertz CT molecular complexity index is 981. The summed E-state index contributed by atoms with van der Waals surface area (Å²) in [6.45, 7) is 6.86. The summed E-state index contributed by atoms with van der Waals surface area (Å²) in [4.78, 5) is 62.3. The molecule has 4 N–H and O–H groups in total. The van der Waals surface area contributed by atoms with Gasteiger partial charge in [-0.2, -0.15) is 0 Å². The summed E-state index contributed by atoms with van der Waals surface area (Å²) >= 11 is 0. The number of aliphatic carboxylic acids is 1. The lowest BCUT2D eigenvalue weighted by atomic mass is 9.97. The van der Waals surface area contributed by atoms with Crippen LogP contribution in [0.5, 0.6) is 0 Å². The molecule has 0 bridgehead atoms. The normalized spacial score (nSPS) is 15.5. The summed E-state index contributed by atoms with van der Waals surface area (Å²) in [5, 5.41) is 16.6. The third-order valence-corrected chi connectivity index (χ3v) is 5.91. The molecule has 1 fully saturated rings. The first-order chi connectivity index (χ1) is 16.7. The number of hydrogen-bond donors (Lipinski definition) is 4. The second kappa shape index (κ2) is 14.1. The molecule has 2 heterocycles. The predicted octanol–water partition coefficient (Wildman–Crippen LogP) is 0.561. The van der Waals surface area contributed by atoms with Crippen molar-refractivity contribution in [3.8, 4) is 0 Å². The fourth-order valence-corrected chi connectivity index (χ4v) is 3.91. The van der Waals surface area contributed by atoms with Gasteiger partial charge < -0.3 is 30.5 Å². The monoisotopic (exact) mass is 489 g/mol. The first kappa shape index (κ1) is 27.8. The van der Waals surface area contributed by atoms with Crippen LogP contribution in [0, 0.1) is 5.92 Å². The van der Waals surface area contributed by atoms with Gasteiger partial charge in [0, 0.05) is 25.7 Å². The van der Waals surface area contributed by atoms with Gasteiger partial charge in [0.1, 0.15) is 18.3 Å². The van der Waals surface area contributed by atoms with Gasteiger partial charge in [0.2, 0.25) is 17.7 Å². The highest BCUT2D eigenvalue weighted by atomic mass is 16.4. The lowest BCUT2D eigenvalue weighted by Crippen LogP contribution is -2.44. The van der Waals surface area contributed by atoms with Crippen LogP contribution < -0.4 is 21.5 Å². The van der Waals surface area contributed by atoms with Crippen molar-refractivity contribution >= 4 is 29.4 Å². The molecule has 0 aliphatic carbocycles. The number of nitrogens with zero attached hydrogens (tertiary/aromatic N) is 2. The number of nitrogens with one attached hydrogen (secondary N) is 3. The standard InChI is InChI=1S/C24H35N5O6/c1-3-28-13-10-18(11-14-28)15-25-21(31)16-29-12-6-8-20(24(29)35)27-23(34)19(26-17(2)30)7-4-5-9-22(32)33/h5-6,8-9,12,18-19H,3-4,7,10-11,13-16H2,1-2H3,(H,25,31)(H,26,30)(H,27,34)(H,32,33). The van der Waals surface area contributed by atoms with E-state index >= 15 is 0 Å². The van der Waals surface area contributed by atoms with E-state index in [4.69, 9.17) is 5.11 Å². The maximum Gasteiger partial charge on any atom is 0.327 e. The van der Waals surface area contributed by atoms with Crippen LogP contribution in [0.1, 0.15) is 39.5 Å². The average molecular weight is 490 g/mol. The molecule has 0 aromatic carbocycles. The highest BCUT2D eigenvalue weighted by molar-refractivity contribution is 5.96. The molecule has 1 aliphatic heterocycles. The lowest BCUT2D eigenvalue weighted by Gasteiger charge is -2.31. The first-order valence-corrected chi connectivity index (χ1v) is 11.9. The molecule has 1 saturated heterocycles. The van der Waals surface area contributed by atoms with Gasteiger partial charge in [-0.1, -0.05) is 13.0 Å². The summed E-state index contributed by atoms with van der Waals surface area (Å²) in [5.41, 5.74) is -0.562. The summed E-state index contributed by atoms with van der Waals surface area (Å²) in [6.07, 6.45) is 6.24. The van der Waals surface area contributed by atoms with Gasteiger partial charge in [0.15, 0.2) is 0 Å². The van der Waals surface area contributed by atoms with E-state index in [-0.39, 0.29) is 31.0 Å². The summed E-state index contributed by atoms with van der Waals surface area (Å²) in [7, 11) is 0. The molecule has 0 spiro atoms. The van der Waals surface area contributed by atoms with Gasteiger partial charge in [0.25, 0.3) is 5.56 Å². The van der Waals surface area contributed by atoms with Crippen molar-refractivity contribution in [3.63, 3.8) is 0 Å². The van der Waals surface area contributed by atoms with Gasteiger partial charge >= 0.3 is 5.97 Å². The van der Waals surface area contributed by atoms with E-state index in [1.807, 2.05) is 0 Å². The number of likely N-dealkylation sites (tertiary alicyclic amines) is 1. The van der Waals surface area contributed by atoms with E-state index in [2.05, 4.69) is 27.8 Å². The maximum atomic E-state index is 12.8. The maximum absolute atomic E-state index is 12.8. The van der Waals surface area contributed by atoms with Crippen LogP contribution in [-0.4, -0.2) is 70.5 Å². The summed E-state index contributed by atoms with van der Waals surface area (Å²) < 4.78 is 1.22. The van der Waals surface area contributed by atoms with Crippen molar-refractivity contribution in [1.82, 2.24) is 20.1 Å². The number of carbonyl (C=O) groups excluding carboxylic acids is 3. The first-order valence-electron chi connectivity index (χ1n) is 11.9. The SMILES string of the molecule is CCN1CCC(CNC(=O)Cn2cccc(NC(=O)C(CCC=CC(=O)O)NC(C)=O)c2=O)CC1. The topological polar surface area (TPSA) is 150 Å². The van der Waals surface area contributed by atoms with Crippen LogP contribution in [-0.2, 0) is 25.7 Å². The third kappa shape index (κ3) is 9.73. The molecule has 1 aliphatic rings. The highest BCUT2D eigenvalue weighted by Crippen LogP contribution is 2.15. The van der Waals surface area contributed by atoms with Crippen LogP contribution in [0.3, 0.4) is 0 Å². The molecule has 11 heteroatoms. The van der Waals surface area contributed by atoms with Gasteiger partial charge in [-0.25, -0.2) is 4.79 Å². The van der Waals surface area contributed by atoms with Crippen LogP contribution >= 0.6 is 0 Å². The van der Waals surface area contributed by atoms with Crippen molar-refractivity contribution in [2.24, 2.45) is 5.92 Å². The van der Waals surface area contributed by atoms with Gasteiger partial charge in [-0.3, -0.25) is 19.2 Å². The van der Waals surface area contributed by atoms with Crippen molar-refractivity contribution in [1.29, 1.82) is 0 Å². The van der Waals surface area contributed by atoms with Crippen molar-refractivity contribution < 1.29 is 24.3 Å². The Morgan fingerprint density at radius 1 is 1.23 bits per heavy atom. The van der Waals surface area contributed by atoms with Crippen LogP contribution in [0.15, 0.2) is 35.3 Å². The second-order valence-corrected chi connectivity index (χ2v) is 8.60. The minimum Gasteiger partial charge on any atom is -0.478 e. The van der Waals surface area contributed by atoms with Gasteiger partial charge in [0.05, 0.1) is 0 Å². The van der Waals surface area contributed by atoms with Gasteiger partial charge in [-0.05, 0) is 63.4 Å². The molecule has 192 valence electrons. The summed E-state index contributed by atoms with van der Waals surface area (Å²) in [5.74, 6) is -2.02. The zero-order chi connectivity index (χ0) is 25.8. The molecule has 1 aromatic rings. The van der Waals surface area contributed by atoms with Crippen molar-refractivity contribution in [3.05, 3.63) is 40.8 Å². The number of pyridine rings is 1. The second-order valence-electron chi connectivity index (χ2n) is 8.60. The Morgan fingerprint density at radius 2 is 1.94 bits per heavy atom. The number of carboxylic acids is 1. The van der Waals surface area contributed by atoms with Crippen LogP contribution in [0.2, 0.25) is 0 Å². The Balaban J connectivity index is 1.94. The molecule has 1 unspecified atom stereocenters. The molecule has 0 saturated carbocycles. The van der Waals surface area contributed by atoms with E-state index in [0.717, 1.165) is 38.6 Å². The quantitative estimate of drug-likeness (QED) is 0.313. The van der Waals surface area contributed by atoms with E-state index in [9.17, 15) is 24.0 Å². The molecule has 1 aromatic heterocycles. The number of carboxylic acid groups (broad SMARTS) is 1. The van der Waals surface area contributed by atoms with Crippen LogP contribution in [0.25, 0.3) is 0 Å². The zero-order valence-electron chi connectivity index (χ0n) is 20.3. The smallest absolute Gasteiger partial charge is 0.327 e. The molecule has 2 rings (SSSR count). The van der Waals surface area contributed by atoms with Crippen LogP contribution in [0.4, 0.5) is 5.69 Å². The molecule has 35 heavy (non-hydrogen) atoms. The predicted molar refractivity (Wildman–Crippen MR) is 131 cm³/mol. The lowest BCUT2D eigenvalue weighted by molar-refractivity contribution is -0.131. The van der Waals surface area contributed by atoms with Gasteiger partial charge in [-0.15, -0.1) is 0 Å². The Hall–Kier alpha value is -3.47. The number of allylic oxidation sites excluding steroid dienone is 1. The minimum absolute atomic E-state index is 0.0198. The van der Waals surface area contributed by atoms with Crippen molar-refractivity contribution in [2.45, 2.75) is 52.1 Å². The van der Waals surface area contributed by atoms with E-state index < -0.39 is 29.4 Å². The third-order valence-electron chi connectivity index (χ3n) is 5.91. The fraction of sp³-hybridized carbons (Fsp3) is 0.542.